The number of ether oxygens (including phenoxy) is 1. The Kier molecular flexibility index (Phi) is 7.49. The van der Waals surface area contributed by atoms with Crippen molar-refractivity contribution in [1.82, 2.24) is 14.3 Å². The zero-order valence-electron chi connectivity index (χ0n) is 18.6. The smallest absolute Gasteiger partial charge is 0.412 e. The molecule has 0 saturated carbocycles. The van der Waals surface area contributed by atoms with Gasteiger partial charge in [-0.15, -0.1) is 0 Å². The number of amides is 2. The van der Waals surface area contributed by atoms with E-state index in [1.807, 2.05) is 60.7 Å². The molecule has 0 atom stereocenters. The van der Waals surface area contributed by atoms with E-state index in [1.165, 1.54) is 9.58 Å². The fourth-order valence-corrected chi connectivity index (χ4v) is 3.41. The van der Waals surface area contributed by atoms with E-state index >= 15 is 0 Å². The SMILES string of the molecule is CN(C)C(=O)CCCc1c(NC(=O)OCc2ccccc2)c(=O)n(-c2ccccc2)n1C. The molecule has 0 saturated heterocycles. The molecule has 8 heteroatoms. The molecule has 0 aliphatic heterocycles. The minimum atomic E-state index is -0.706. The van der Waals surface area contributed by atoms with E-state index in [-0.39, 0.29) is 23.8 Å². The van der Waals surface area contributed by atoms with Crippen LogP contribution < -0.4 is 10.9 Å². The second-order valence-electron chi connectivity index (χ2n) is 7.63. The monoisotopic (exact) mass is 436 g/mol. The molecule has 0 spiro atoms. The highest BCUT2D eigenvalue weighted by Gasteiger charge is 2.21. The van der Waals surface area contributed by atoms with Gasteiger partial charge in [0.25, 0.3) is 5.56 Å². The molecule has 2 aromatic carbocycles. The van der Waals surface area contributed by atoms with Gasteiger partial charge in [0.2, 0.25) is 5.91 Å². The molecule has 0 radical (unpaired) electrons. The Balaban J connectivity index is 1.84. The van der Waals surface area contributed by atoms with Gasteiger partial charge in [-0.1, -0.05) is 48.5 Å². The molecule has 0 aliphatic rings. The van der Waals surface area contributed by atoms with E-state index in [0.717, 1.165) is 5.56 Å². The van der Waals surface area contributed by atoms with Crippen LogP contribution in [0, 0.1) is 0 Å². The number of carbonyl (C=O) groups is 2. The molecule has 1 aromatic heterocycles. The number of nitrogens with zero attached hydrogens (tertiary/aromatic N) is 3. The van der Waals surface area contributed by atoms with Crippen molar-refractivity contribution in [2.24, 2.45) is 7.05 Å². The summed E-state index contributed by atoms with van der Waals surface area (Å²) in [6.07, 6.45) is 0.619. The van der Waals surface area contributed by atoms with Gasteiger partial charge in [-0.25, -0.2) is 9.48 Å². The Morgan fingerprint density at radius 1 is 1.00 bits per heavy atom. The summed E-state index contributed by atoms with van der Waals surface area (Å²) < 4.78 is 8.51. The molecule has 32 heavy (non-hydrogen) atoms. The Morgan fingerprint density at radius 3 is 2.25 bits per heavy atom. The van der Waals surface area contributed by atoms with Crippen LogP contribution in [0.25, 0.3) is 5.69 Å². The number of para-hydroxylation sites is 1. The summed E-state index contributed by atoms with van der Waals surface area (Å²) in [7, 11) is 5.18. The molecule has 8 nitrogen and oxygen atoms in total. The molecule has 0 fully saturated rings. The van der Waals surface area contributed by atoms with Crippen LogP contribution in [-0.2, 0) is 29.6 Å². The number of aromatic nitrogens is 2. The summed E-state index contributed by atoms with van der Waals surface area (Å²) in [5, 5.41) is 2.63. The Hall–Kier alpha value is -3.81. The Bertz CT molecular complexity index is 1120. The molecule has 0 aliphatic carbocycles. The lowest BCUT2D eigenvalue weighted by molar-refractivity contribution is -0.128. The highest BCUT2D eigenvalue weighted by atomic mass is 16.5. The van der Waals surface area contributed by atoms with Crippen LogP contribution in [-0.4, -0.2) is 40.4 Å². The number of anilines is 1. The van der Waals surface area contributed by atoms with Gasteiger partial charge in [0.05, 0.1) is 11.4 Å². The first-order chi connectivity index (χ1) is 15.4. The van der Waals surface area contributed by atoms with Crippen LogP contribution >= 0.6 is 0 Å². The van der Waals surface area contributed by atoms with Crippen molar-refractivity contribution in [1.29, 1.82) is 0 Å². The second-order valence-corrected chi connectivity index (χ2v) is 7.63. The van der Waals surface area contributed by atoms with E-state index in [1.54, 1.807) is 25.8 Å². The van der Waals surface area contributed by atoms with Crippen LogP contribution in [0.5, 0.6) is 0 Å². The fraction of sp³-hybridized carbons (Fsp3) is 0.292. The summed E-state index contributed by atoms with van der Waals surface area (Å²) in [6.45, 7) is 0.0963. The summed E-state index contributed by atoms with van der Waals surface area (Å²) >= 11 is 0. The molecule has 1 heterocycles. The molecule has 1 N–H and O–H groups in total. The van der Waals surface area contributed by atoms with Crippen LogP contribution in [0.3, 0.4) is 0 Å². The average Bonchev–Trinajstić information content (AvgIpc) is 3.02. The fourth-order valence-electron chi connectivity index (χ4n) is 3.41. The van der Waals surface area contributed by atoms with Crippen LogP contribution in [0.1, 0.15) is 24.1 Å². The number of hydrogen-bond donors (Lipinski definition) is 1. The molecule has 3 rings (SSSR count). The van der Waals surface area contributed by atoms with Gasteiger partial charge in [0.1, 0.15) is 12.3 Å². The molecular weight excluding hydrogens is 408 g/mol. The van der Waals surface area contributed by atoms with E-state index < -0.39 is 6.09 Å². The molecule has 0 bridgehead atoms. The van der Waals surface area contributed by atoms with Crippen LogP contribution in [0.2, 0.25) is 0 Å². The van der Waals surface area contributed by atoms with Crippen molar-refractivity contribution in [3.05, 3.63) is 82.3 Å². The predicted octanol–water partition coefficient (Wildman–Crippen LogP) is 3.34. The zero-order valence-corrected chi connectivity index (χ0v) is 18.6. The quantitative estimate of drug-likeness (QED) is 0.587. The Morgan fingerprint density at radius 2 is 1.62 bits per heavy atom. The standard InChI is InChI=1S/C24H28N4O4/c1-26(2)21(29)16-10-15-20-22(25-24(31)32-17-18-11-6-4-7-12-18)23(30)28(27(20)3)19-13-8-5-9-14-19/h4-9,11-14H,10,15-17H2,1-3H3,(H,25,31). The predicted molar refractivity (Wildman–Crippen MR) is 123 cm³/mol. The minimum absolute atomic E-state index is 0.00859. The maximum absolute atomic E-state index is 13.2. The normalized spacial score (nSPS) is 10.6. The van der Waals surface area contributed by atoms with Crippen molar-refractivity contribution >= 4 is 17.7 Å². The number of nitrogens with one attached hydrogen (secondary N) is 1. The first kappa shape index (κ1) is 22.9. The lowest BCUT2D eigenvalue weighted by Gasteiger charge is -2.12. The maximum Gasteiger partial charge on any atom is 0.412 e. The third kappa shape index (κ3) is 5.46. The maximum atomic E-state index is 13.2. The lowest BCUT2D eigenvalue weighted by atomic mass is 10.1. The van der Waals surface area contributed by atoms with Crippen LogP contribution in [0.4, 0.5) is 10.5 Å². The molecule has 0 unspecified atom stereocenters. The average molecular weight is 437 g/mol. The topological polar surface area (TPSA) is 85.6 Å². The summed E-state index contributed by atoms with van der Waals surface area (Å²) in [5.74, 6) is 0.00859. The van der Waals surface area contributed by atoms with E-state index in [2.05, 4.69) is 5.32 Å². The number of hydrogen-bond acceptors (Lipinski definition) is 4. The molecule has 3 aromatic rings. The zero-order chi connectivity index (χ0) is 23.1. The molecular formula is C24H28N4O4. The summed E-state index contributed by atoms with van der Waals surface area (Å²) in [5.41, 5.74) is 1.95. The van der Waals surface area contributed by atoms with Crippen molar-refractivity contribution in [2.75, 3.05) is 19.4 Å². The largest absolute Gasteiger partial charge is 0.444 e. The van der Waals surface area contributed by atoms with Crippen molar-refractivity contribution < 1.29 is 14.3 Å². The van der Waals surface area contributed by atoms with Crippen molar-refractivity contribution in [3.63, 3.8) is 0 Å². The van der Waals surface area contributed by atoms with Gasteiger partial charge < -0.3 is 9.64 Å². The Labute approximate surface area is 187 Å². The van der Waals surface area contributed by atoms with Crippen molar-refractivity contribution in [2.45, 2.75) is 25.9 Å². The molecule has 2 amide bonds. The van der Waals surface area contributed by atoms with Gasteiger partial charge in [-0.3, -0.25) is 19.6 Å². The minimum Gasteiger partial charge on any atom is -0.444 e. The van der Waals surface area contributed by atoms with Gasteiger partial charge in [0, 0.05) is 27.6 Å². The first-order valence-corrected chi connectivity index (χ1v) is 10.4. The van der Waals surface area contributed by atoms with Gasteiger partial charge >= 0.3 is 6.09 Å². The van der Waals surface area contributed by atoms with Gasteiger partial charge in [-0.05, 0) is 30.5 Å². The van der Waals surface area contributed by atoms with Gasteiger partial charge in [-0.2, -0.15) is 0 Å². The second kappa shape index (κ2) is 10.5. The summed E-state index contributed by atoms with van der Waals surface area (Å²) in [4.78, 5) is 39.2. The van der Waals surface area contributed by atoms with Crippen molar-refractivity contribution in [3.8, 4) is 5.69 Å². The lowest BCUT2D eigenvalue weighted by Crippen LogP contribution is -2.23. The van der Waals surface area contributed by atoms with E-state index in [9.17, 15) is 14.4 Å². The van der Waals surface area contributed by atoms with E-state index in [0.29, 0.717) is 30.6 Å². The third-order valence-electron chi connectivity index (χ3n) is 5.13. The molecule has 168 valence electrons. The number of benzene rings is 2. The van der Waals surface area contributed by atoms with Gasteiger partial charge in [0.15, 0.2) is 0 Å². The van der Waals surface area contributed by atoms with E-state index in [4.69, 9.17) is 4.74 Å². The first-order valence-electron chi connectivity index (χ1n) is 10.4. The summed E-state index contributed by atoms with van der Waals surface area (Å²) in [6, 6.07) is 18.5. The number of carbonyl (C=O) groups excluding carboxylic acids is 2. The van der Waals surface area contributed by atoms with Crippen LogP contribution in [0.15, 0.2) is 65.5 Å². The number of rotatable bonds is 8. The highest BCUT2D eigenvalue weighted by molar-refractivity contribution is 5.85. The highest BCUT2D eigenvalue weighted by Crippen LogP contribution is 2.18. The third-order valence-corrected chi connectivity index (χ3v) is 5.13.